The molecule has 1 aliphatic rings. The van der Waals surface area contributed by atoms with Crippen molar-refractivity contribution >= 4 is 48.9 Å². The third kappa shape index (κ3) is 9.47. The highest BCUT2D eigenvalue weighted by molar-refractivity contribution is 5.86. The fourth-order valence-corrected chi connectivity index (χ4v) is 2.43. The van der Waals surface area contributed by atoms with Gasteiger partial charge in [-0.2, -0.15) is 0 Å². The third-order valence-electron chi connectivity index (χ3n) is 3.95. The summed E-state index contributed by atoms with van der Waals surface area (Å²) >= 11 is 0. The highest BCUT2D eigenvalue weighted by Crippen LogP contribution is 2.14. The van der Waals surface area contributed by atoms with Gasteiger partial charge < -0.3 is 20.9 Å². The van der Waals surface area contributed by atoms with Crippen LogP contribution in [-0.4, -0.2) is 55.1 Å². The van der Waals surface area contributed by atoms with E-state index in [1.54, 1.807) is 0 Å². The molecule has 25 heavy (non-hydrogen) atoms. The first-order chi connectivity index (χ1) is 10.5. The van der Waals surface area contributed by atoms with Crippen molar-refractivity contribution in [3.63, 3.8) is 0 Å². The van der Waals surface area contributed by atoms with Crippen molar-refractivity contribution in [3.8, 4) is 0 Å². The second kappa shape index (κ2) is 13.4. The van der Waals surface area contributed by atoms with Crippen LogP contribution in [0, 0.1) is 0 Å². The number of hydrogen-bond acceptors (Lipinski definition) is 5. The van der Waals surface area contributed by atoms with Crippen LogP contribution < -0.4 is 16.0 Å². The first-order valence-corrected chi connectivity index (χ1v) is 7.95. The van der Waals surface area contributed by atoms with Gasteiger partial charge in [-0.3, -0.25) is 4.79 Å². The summed E-state index contributed by atoms with van der Waals surface area (Å²) in [7, 11) is 2.14. The Hall–Kier alpha value is -0.790. The number of carbonyl (C=O) groups excluding carboxylic acids is 1. The molecule has 1 aromatic rings. The quantitative estimate of drug-likeness (QED) is 0.743. The van der Waals surface area contributed by atoms with Crippen LogP contribution in [0.15, 0.2) is 18.3 Å². The molecule has 0 radical (unpaired) electrons. The van der Waals surface area contributed by atoms with Gasteiger partial charge in [0.05, 0.1) is 0 Å². The molecule has 2 heterocycles. The number of aromatic nitrogens is 1. The fourth-order valence-electron chi connectivity index (χ4n) is 2.43. The Morgan fingerprint density at radius 2 is 1.92 bits per heavy atom. The highest BCUT2D eigenvalue weighted by atomic mass is 35.5. The largest absolute Gasteiger partial charge is 0.354 e. The molecule has 1 saturated heterocycles. The predicted octanol–water partition coefficient (Wildman–Crippen LogP) is 1.84. The van der Waals surface area contributed by atoms with E-state index in [-0.39, 0.29) is 49.2 Å². The fraction of sp³-hybridized carbons (Fsp3) is 0.625. The van der Waals surface area contributed by atoms with Crippen LogP contribution in [0.25, 0.3) is 0 Å². The van der Waals surface area contributed by atoms with Crippen molar-refractivity contribution in [1.82, 2.24) is 15.2 Å². The summed E-state index contributed by atoms with van der Waals surface area (Å²) in [6, 6.07) is 4.08. The Kier molecular flexibility index (Phi) is 14.2. The van der Waals surface area contributed by atoms with Crippen molar-refractivity contribution in [2.45, 2.75) is 32.4 Å². The Labute approximate surface area is 169 Å². The number of nitrogens with zero attached hydrogens (tertiary/aromatic N) is 3. The van der Waals surface area contributed by atoms with Crippen LogP contribution in [-0.2, 0) is 11.3 Å². The average molecular weight is 415 g/mol. The molecule has 0 bridgehead atoms. The van der Waals surface area contributed by atoms with Crippen LogP contribution in [0.3, 0.4) is 0 Å². The van der Waals surface area contributed by atoms with Gasteiger partial charge in [-0.25, -0.2) is 4.98 Å². The lowest BCUT2D eigenvalue weighted by atomic mass is 10.2. The van der Waals surface area contributed by atoms with E-state index in [2.05, 4.69) is 33.2 Å². The van der Waals surface area contributed by atoms with Gasteiger partial charge in [0.15, 0.2) is 0 Å². The smallest absolute Gasteiger partial charge is 0.220 e. The zero-order valence-corrected chi connectivity index (χ0v) is 17.3. The minimum Gasteiger partial charge on any atom is -0.354 e. The van der Waals surface area contributed by atoms with Gasteiger partial charge in [0, 0.05) is 51.4 Å². The maximum absolute atomic E-state index is 11.7. The second-order valence-corrected chi connectivity index (χ2v) is 6.11. The first kappa shape index (κ1) is 26.4. The molecule has 1 amide bonds. The summed E-state index contributed by atoms with van der Waals surface area (Å²) in [5.74, 6) is 1.05. The number of piperazine rings is 1. The second-order valence-electron chi connectivity index (χ2n) is 6.11. The van der Waals surface area contributed by atoms with Crippen LogP contribution in [0.4, 0.5) is 5.82 Å². The molecule has 2 rings (SSSR count). The van der Waals surface area contributed by atoms with E-state index < -0.39 is 0 Å². The molecule has 1 fully saturated rings. The summed E-state index contributed by atoms with van der Waals surface area (Å²) in [4.78, 5) is 20.8. The minimum atomic E-state index is 0. The monoisotopic (exact) mass is 413 g/mol. The molecule has 1 aliphatic heterocycles. The Morgan fingerprint density at radius 3 is 2.52 bits per heavy atom. The average Bonchev–Trinajstić information content (AvgIpc) is 2.52. The van der Waals surface area contributed by atoms with Crippen molar-refractivity contribution in [2.24, 2.45) is 5.73 Å². The number of amides is 1. The molecule has 1 unspecified atom stereocenters. The van der Waals surface area contributed by atoms with E-state index >= 15 is 0 Å². The number of anilines is 1. The van der Waals surface area contributed by atoms with Gasteiger partial charge in [-0.15, -0.1) is 37.2 Å². The summed E-state index contributed by atoms with van der Waals surface area (Å²) in [5.41, 5.74) is 6.74. The predicted molar refractivity (Wildman–Crippen MR) is 110 cm³/mol. The number of nitrogens with one attached hydrogen (secondary N) is 1. The molecule has 0 spiro atoms. The molecule has 6 nitrogen and oxygen atoms in total. The Morgan fingerprint density at radius 1 is 1.28 bits per heavy atom. The van der Waals surface area contributed by atoms with Crippen molar-refractivity contribution in [2.75, 3.05) is 38.1 Å². The molecule has 1 aromatic heterocycles. The lowest BCUT2D eigenvalue weighted by molar-refractivity contribution is -0.121. The molecule has 0 saturated carbocycles. The standard InChI is InChI=1S/C16H27N5O.3ClH/c1-13(17)3-4-16(22)19-12-14-5-6-18-15(11-14)21-9-7-20(2)8-10-21;;;/h5-6,11,13H,3-4,7-10,12,17H2,1-2H3,(H,19,22);3*1H. The van der Waals surface area contributed by atoms with E-state index in [9.17, 15) is 4.79 Å². The van der Waals surface area contributed by atoms with Gasteiger partial charge in [-0.1, -0.05) is 0 Å². The normalized spacial score (nSPS) is 15.2. The van der Waals surface area contributed by atoms with E-state index in [1.165, 1.54) is 0 Å². The molecule has 146 valence electrons. The maximum Gasteiger partial charge on any atom is 0.220 e. The van der Waals surface area contributed by atoms with E-state index in [4.69, 9.17) is 5.73 Å². The number of rotatable bonds is 6. The summed E-state index contributed by atoms with van der Waals surface area (Å²) in [5, 5.41) is 2.94. The lowest BCUT2D eigenvalue weighted by Gasteiger charge is -2.33. The van der Waals surface area contributed by atoms with Crippen LogP contribution >= 0.6 is 37.2 Å². The first-order valence-electron chi connectivity index (χ1n) is 7.95. The summed E-state index contributed by atoms with van der Waals surface area (Å²) in [6.07, 6.45) is 3.01. The van der Waals surface area contributed by atoms with Gasteiger partial charge in [0.25, 0.3) is 0 Å². The summed E-state index contributed by atoms with van der Waals surface area (Å²) < 4.78 is 0. The van der Waals surface area contributed by atoms with E-state index in [0.29, 0.717) is 19.4 Å². The highest BCUT2D eigenvalue weighted by Gasteiger charge is 2.15. The maximum atomic E-state index is 11.7. The van der Waals surface area contributed by atoms with Gasteiger partial charge >= 0.3 is 0 Å². The van der Waals surface area contributed by atoms with Crippen molar-refractivity contribution in [1.29, 1.82) is 0 Å². The van der Waals surface area contributed by atoms with Gasteiger partial charge in [0.1, 0.15) is 5.82 Å². The van der Waals surface area contributed by atoms with Crippen LogP contribution in [0.1, 0.15) is 25.3 Å². The number of likely N-dealkylation sites (N-methyl/N-ethyl adjacent to an activating group) is 1. The van der Waals surface area contributed by atoms with E-state index in [0.717, 1.165) is 37.6 Å². The topological polar surface area (TPSA) is 74.5 Å². The van der Waals surface area contributed by atoms with Crippen molar-refractivity contribution in [3.05, 3.63) is 23.9 Å². The molecule has 9 heteroatoms. The third-order valence-corrected chi connectivity index (χ3v) is 3.95. The zero-order valence-electron chi connectivity index (χ0n) is 14.8. The van der Waals surface area contributed by atoms with Crippen molar-refractivity contribution < 1.29 is 4.79 Å². The number of pyridine rings is 1. The van der Waals surface area contributed by atoms with Crippen LogP contribution in [0.5, 0.6) is 0 Å². The van der Waals surface area contributed by atoms with Crippen LogP contribution in [0.2, 0.25) is 0 Å². The Bertz CT molecular complexity index is 496. The summed E-state index contributed by atoms with van der Waals surface area (Å²) in [6.45, 7) is 6.56. The molecular formula is C16H30Cl3N5O. The van der Waals surface area contributed by atoms with Gasteiger partial charge in [-0.05, 0) is 38.1 Å². The molecule has 0 aliphatic carbocycles. The Balaban J connectivity index is 0. The lowest BCUT2D eigenvalue weighted by Crippen LogP contribution is -2.44. The number of carbonyl (C=O) groups is 1. The molecule has 1 atom stereocenters. The number of halogens is 3. The minimum absolute atomic E-state index is 0. The molecular weight excluding hydrogens is 385 g/mol. The van der Waals surface area contributed by atoms with Gasteiger partial charge in [0.2, 0.25) is 5.91 Å². The zero-order chi connectivity index (χ0) is 15.9. The molecule has 0 aromatic carbocycles. The van der Waals surface area contributed by atoms with E-state index in [1.807, 2.05) is 19.2 Å². The molecule has 3 N–H and O–H groups in total. The SMILES string of the molecule is CC(N)CCC(=O)NCc1ccnc(N2CCN(C)CC2)c1.Cl.Cl.Cl. The number of nitrogens with two attached hydrogens (primary N) is 1. The number of hydrogen-bond donors (Lipinski definition) is 2.